The van der Waals surface area contributed by atoms with Crippen LogP contribution in [-0.4, -0.2) is 28.0 Å². The number of carbonyl (C=O) groups is 1. The summed E-state index contributed by atoms with van der Waals surface area (Å²) >= 11 is 0. The van der Waals surface area contributed by atoms with Gasteiger partial charge in [-0.05, 0) is 17.5 Å². The third-order valence-electron chi connectivity index (χ3n) is 3.82. The number of fused-ring (bicyclic) bond motifs is 1. The van der Waals surface area contributed by atoms with Gasteiger partial charge in [-0.2, -0.15) is 0 Å². The highest BCUT2D eigenvalue weighted by molar-refractivity contribution is 5.82. The lowest BCUT2D eigenvalue weighted by Crippen LogP contribution is -2.49. The van der Waals surface area contributed by atoms with Crippen LogP contribution >= 0.6 is 0 Å². The largest absolute Gasteiger partial charge is 0.354 e. The molecule has 0 saturated heterocycles. The summed E-state index contributed by atoms with van der Waals surface area (Å²) in [4.78, 5) is 16.3. The van der Waals surface area contributed by atoms with E-state index in [-0.39, 0.29) is 17.1 Å². The Hall–Kier alpha value is -1.95. The molecular weight excluding hydrogens is 283 g/mol. The van der Waals surface area contributed by atoms with Crippen LogP contribution in [0.5, 0.6) is 0 Å². The molecule has 1 amide bonds. The molecule has 0 fully saturated rings. The Balaban J connectivity index is 2.03. The number of nitrogens with two attached hydrogens (primary N) is 1. The van der Waals surface area contributed by atoms with Crippen molar-refractivity contribution in [3.63, 3.8) is 0 Å². The predicted octanol–water partition coefficient (Wildman–Crippen LogP) is 1.74. The van der Waals surface area contributed by atoms with Crippen LogP contribution in [0.2, 0.25) is 0 Å². The second-order valence-electron chi connectivity index (χ2n) is 6.58. The molecule has 22 heavy (non-hydrogen) atoms. The Morgan fingerprint density at radius 3 is 2.73 bits per heavy atom. The van der Waals surface area contributed by atoms with Crippen LogP contribution in [0.25, 0.3) is 11.0 Å². The molecule has 0 aliphatic heterocycles. The number of rotatable bonds is 4. The Morgan fingerprint density at radius 1 is 1.45 bits per heavy atom. The van der Waals surface area contributed by atoms with Gasteiger partial charge in [0.25, 0.3) is 0 Å². The minimum atomic E-state index is -0.564. The molecule has 0 aliphatic carbocycles. The highest BCUT2D eigenvalue weighted by atomic mass is 19.1. The monoisotopic (exact) mass is 306 g/mol. The van der Waals surface area contributed by atoms with E-state index in [4.69, 9.17) is 5.73 Å². The lowest BCUT2D eigenvalue weighted by Gasteiger charge is -2.25. The summed E-state index contributed by atoms with van der Waals surface area (Å²) in [5.74, 6) is 0.209. The Labute approximate surface area is 129 Å². The summed E-state index contributed by atoms with van der Waals surface area (Å²) in [6.07, 6.45) is 0.521. The maximum Gasteiger partial charge on any atom is 0.237 e. The third kappa shape index (κ3) is 3.27. The van der Waals surface area contributed by atoms with Crippen LogP contribution in [0.1, 0.15) is 26.6 Å². The van der Waals surface area contributed by atoms with E-state index in [0.29, 0.717) is 18.5 Å². The minimum absolute atomic E-state index is 0.183. The second kappa shape index (κ2) is 6.04. The molecule has 0 unspecified atom stereocenters. The molecule has 3 N–H and O–H groups in total. The summed E-state index contributed by atoms with van der Waals surface area (Å²) < 4.78 is 15.5. The van der Waals surface area contributed by atoms with Gasteiger partial charge in [0.1, 0.15) is 11.3 Å². The molecule has 120 valence electrons. The van der Waals surface area contributed by atoms with Crippen molar-refractivity contribution in [3.8, 4) is 0 Å². The van der Waals surface area contributed by atoms with Gasteiger partial charge in [0, 0.05) is 20.0 Å². The van der Waals surface area contributed by atoms with Crippen LogP contribution in [-0.2, 0) is 18.3 Å². The van der Waals surface area contributed by atoms with Crippen LogP contribution in [0.3, 0.4) is 0 Å². The quantitative estimate of drug-likeness (QED) is 0.904. The summed E-state index contributed by atoms with van der Waals surface area (Å²) in [5, 5.41) is 2.81. The number of para-hydroxylation sites is 1. The lowest BCUT2D eigenvalue weighted by atomic mass is 9.87. The number of nitrogens with one attached hydrogen (secondary N) is 1. The summed E-state index contributed by atoms with van der Waals surface area (Å²) in [6.45, 7) is 6.18. The standard InChI is InChI=1S/C16H23FN4O/c1-16(2,3)14(18)15(22)19-9-8-12-20-13-10(17)6-5-7-11(13)21(12)4/h5-7,14H,8-9,18H2,1-4H3,(H,19,22)/t14-/m1/s1. The van der Waals surface area contributed by atoms with Crippen molar-refractivity contribution in [2.24, 2.45) is 18.2 Å². The molecule has 1 aromatic carbocycles. The Morgan fingerprint density at radius 2 is 2.14 bits per heavy atom. The summed E-state index contributed by atoms with van der Waals surface area (Å²) in [5.41, 5.74) is 6.72. The molecule has 0 saturated carbocycles. The Bertz CT molecular complexity index is 687. The van der Waals surface area contributed by atoms with Crippen molar-refractivity contribution in [2.75, 3.05) is 6.54 Å². The zero-order valence-electron chi connectivity index (χ0n) is 13.5. The number of halogens is 1. The van der Waals surface area contributed by atoms with E-state index in [1.54, 1.807) is 6.07 Å². The molecule has 5 nitrogen and oxygen atoms in total. The van der Waals surface area contributed by atoms with Gasteiger partial charge in [-0.15, -0.1) is 0 Å². The van der Waals surface area contributed by atoms with Gasteiger partial charge in [-0.1, -0.05) is 26.8 Å². The first kappa shape index (κ1) is 16.4. The maximum absolute atomic E-state index is 13.7. The van der Waals surface area contributed by atoms with E-state index >= 15 is 0 Å². The van der Waals surface area contributed by atoms with E-state index in [9.17, 15) is 9.18 Å². The van der Waals surface area contributed by atoms with Gasteiger partial charge in [0.05, 0.1) is 11.6 Å². The zero-order valence-corrected chi connectivity index (χ0v) is 13.5. The van der Waals surface area contributed by atoms with Crippen LogP contribution in [0.4, 0.5) is 4.39 Å². The molecule has 6 heteroatoms. The van der Waals surface area contributed by atoms with Gasteiger partial charge in [-0.25, -0.2) is 9.37 Å². The summed E-state index contributed by atoms with van der Waals surface area (Å²) in [6, 6.07) is 4.31. The van der Waals surface area contributed by atoms with Crippen LogP contribution < -0.4 is 11.1 Å². The topological polar surface area (TPSA) is 72.9 Å². The number of hydrogen-bond acceptors (Lipinski definition) is 3. The fraction of sp³-hybridized carbons (Fsp3) is 0.500. The van der Waals surface area contributed by atoms with E-state index in [1.165, 1.54) is 6.07 Å². The SMILES string of the molecule is Cn1c(CCNC(=O)[C@@H](N)C(C)(C)C)nc2c(F)cccc21. The fourth-order valence-electron chi connectivity index (χ4n) is 2.25. The van der Waals surface area contributed by atoms with Crippen molar-refractivity contribution in [1.29, 1.82) is 0 Å². The van der Waals surface area contributed by atoms with Crippen molar-refractivity contribution >= 4 is 16.9 Å². The molecule has 0 aliphatic rings. The highest BCUT2D eigenvalue weighted by Crippen LogP contribution is 2.19. The first-order valence-electron chi connectivity index (χ1n) is 7.35. The van der Waals surface area contributed by atoms with Gasteiger partial charge in [0.2, 0.25) is 5.91 Å². The van der Waals surface area contributed by atoms with Crippen LogP contribution in [0, 0.1) is 11.2 Å². The van der Waals surface area contributed by atoms with E-state index in [1.807, 2.05) is 38.5 Å². The second-order valence-corrected chi connectivity index (χ2v) is 6.58. The van der Waals surface area contributed by atoms with E-state index < -0.39 is 6.04 Å². The van der Waals surface area contributed by atoms with Crippen molar-refractivity contribution < 1.29 is 9.18 Å². The molecular formula is C16H23FN4O. The normalized spacial score (nSPS) is 13.4. The lowest BCUT2D eigenvalue weighted by molar-refractivity contribution is -0.124. The highest BCUT2D eigenvalue weighted by Gasteiger charge is 2.27. The van der Waals surface area contributed by atoms with E-state index in [0.717, 1.165) is 11.3 Å². The number of imidazole rings is 1. The molecule has 1 aromatic heterocycles. The van der Waals surface area contributed by atoms with Crippen LogP contribution in [0.15, 0.2) is 18.2 Å². The number of aromatic nitrogens is 2. The molecule has 1 atom stereocenters. The molecule has 0 bridgehead atoms. The fourth-order valence-corrected chi connectivity index (χ4v) is 2.25. The molecule has 2 rings (SSSR count). The minimum Gasteiger partial charge on any atom is -0.354 e. The van der Waals surface area contributed by atoms with Gasteiger partial charge < -0.3 is 15.6 Å². The first-order chi connectivity index (χ1) is 10.2. The molecule has 0 spiro atoms. The van der Waals surface area contributed by atoms with Gasteiger partial charge in [0.15, 0.2) is 5.82 Å². The van der Waals surface area contributed by atoms with Crippen molar-refractivity contribution in [1.82, 2.24) is 14.9 Å². The maximum atomic E-state index is 13.7. The average molecular weight is 306 g/mol. The number of amides is 1. The number of hydrogen-bond donors (Lipinski definition) is 2. The first-order valence-corrected chi connectivity index (χ1v) is 7.35. The average Bonchev–Trinajstić information content (AvgIpc) is 2.76. The summed E-state index contributed by atoms with van der Waals surface area (Å²) in [7, 11) is 1.84. The number of benzene rings is 1. The third-order valence-corrected chi connectivity index (χ3v) is 3.82. The smallest absolute Gasteiger partial charge is 0.237 e. The van der Waals surface area contributed by atoms with Crippen molar-refractivity contribution in [2.45, 2.75) is 33.2 Å². The van der Waals surface area contributed by atoms with Gasteiger partial charge in [-0.3, -0.25) is 4.79 Å². The number of aryl methyl sites for hydroxylation is 1. The molecule has 2 aromatic rings. The van der Waals surface area contributed by atoms with Gasteiger partial charge >= 0.3 is 0 Å². The molecule has 0 radical (unpaired) electrons. The molecule has 1 heterocycles. The Kier molecular flexibility index (Phi) is 4.51. The number of nitrogens with zero attached hydrogens (tertiary/aromatic N) is 2. The predicted molar refractivity (Wildman–Crippen MR) is 84.8 cm³/mol. The zero-order chi connectivity index (χ0) is 16.5. The number of carbonyl (C=O) groups excluding carboxylic acids is 1. The van der Waals surface area contributed by atoms with E-state index in [2.05, 4.69) is 10.3 Å². The van der Waals surface area contributed by atoms with Crippen molar-refractivity contribution in [3.05, 3.63) is 29.8 Å².